The van der Waals surface area contributed by atoms with Crippen LogP contribution in [0.2, 0.25) is 0 Å². The summed E-state index contributed by atoms with van der Waals surface area (Å²) >= 11 is 0. The second-order valence-corrected chi connectivity index (χ2v) is 14.9. The van der Waals surface area contributed by atoms with E-state index in [4.69, 9.17) is 9.47 Å². The van der Waals surface area contributed by atoms with Gasteiger partial charge in [-0.3, -0.25) is 14.5 Å². The fourth-order valence-electron chi connectivity index (χ4n) is 7.02. The minimum Gasteiger partial charge on any atom is -0.459 e. The van der Waals surface area contributed by atoms with Crippen LogP contribution in [0.25, 0.3) is 11.1 Å². The molecule has 0 unspecified atom stereocenters. The van der Waals surface area contributed by atoms with Crippen molar-refractivity contribution in [3.8, 4) is 11.1 Å². The molecule has 1 aliphatic rings. The molecule has 51 heavy (non-hydrogen) atoms. The molecule has 0 saturated carbocycles. The van der Waals surface area contributed by atoms with E-state index < -0.39 is 30.2 Å². The predicted molar refractivity (Wildman–Crippen MR) is 200 cm³/mol. The van der Waals surface area contributed by atoms with Gasteiger partial charge in [-0.2, -0.15) is 0 Å². The Hall–Kier alpha value is -4.66. The summed E-state index contributed by atoms with van der Waals surface area (Å²) < 4.78 is 11.6. The van der Waals surface area contributed by atoms with Gasteiger partial charge >= 0.3 is 12.1 Å². The Labute approximate surface area is 303 Å². The van der Waals surface area contributed by atoms with Crippen molar-refractivity contribution in [2.24, 2.45) is 17.8 Å². The number of hydrogen-bond donors (Lipinski definition) is 0. The number of benzene rings is 3. The first-order valence-corrected chi connectivity index (χ1v) is 18.0. The van der Waals surface area contributed by atoms with Gasteiger partial charge in [-0.05, 0) is 58.4 Å². The lowest BCUT2D eigenvalue weighted by Crippen LogP contribution is -2.58. The summed E-state index contributed by atoms with van der Waals surface area (Å²) in [6.07, 6.45) is 0.148. The quantitative estimate of drug-likeness (QED) is 0.154. The van der Waals surface area contributed by atoms with Gasteiger partial charge in [0.25, 0.3) is 0 Å². The molecule has 0 fully saturated rings. The van der Waals surface area contributed by atoms with Gasteiger partial charge < -0.3 is 19.3 Å². The molecule has 3 atom stereocenters. The highest BCUT2D eigenvalue weighted by Gasteiger charge is 2.40. The molecule has 274 valence electrons. The van der Waals surface area contributed by atoms with Crippen molar-refractivity contribution >= 4 is 23.9 Å². The van der Waals surface area contributed by atoms with Gasteiger partial charge in [0, 0.05) is 27.1 Å². The third kappa shape index (κ3) is 9.37. The molecule has 9 heteroatoms. The molecular formula is C42H55N3O6. The standard InChI is InChI=1S/C42H55N3O6/c1-27(2)23-36(40(47)45(9)38(29(5)6)41(48)50-25-30-17-11-10-12-18-30)43(7)39(46)37(24-28(3)4)44(8)42(49)51-26-35-33-21-15-13-19-31(33)32-20-14-16-22-34(32)35/h10-22,27-29,35-38H,23-26H2,1-9H3/t36-,37-,38-/m0/s1. The summed E-state index contributed by atoms with van der Waals surface area (Å²) in [5.74, 6) is -1.45. The number of amides is 3. The molecule has 0 N–H and O–H groups in total. The van der Waals surface area contributed by atoms with E-state index in [0.717, 1.165) is 27.8 Å². The number of hydrogen-bond acceptors (Lipinski definition) is 6. The molecule has 0 bridgehead atoms. The topological polar surface area (TPSA) is 96.5 Å². The molecule has 3 amide bonds. The largest absolute Gasteiger partial charge is 0.459 e. The van der Waals surface area contributed by atoms with E-state index in [9.17, 15) is 19.2 Å². The number of esters is 1. The predicted octanol–water partition coefficient (Wildman–Crippen LogP) is 7.38. The number of carbonyl (C=O) groups excluding carboxylic acids is 4. The summed E-state index contributed by atoms with van der Waals surface area (Å²) in [5, 5.41) is 0. The van der Waals surface area contributed by atoms with Crippen molar-refractivity contribution in [2.45, 2.75) is 85.0 Å². The van der Waals surface area contributed by atoms with E-state index in [1.165, 1.54) is 14.7 Å². The minimum atomic E-state index is -0.866. The molecule has 0 radical (unpaired) electrons. The Bertz CT molecular complexity index is 1610. The van der Waals surface area contributed by atoms with Crippen LogP contribution in [0.3, 0.4) is 0 Å². The Morgan fingerprint density at radius 1 is 0.608 bits per heavy atom. The summed E-state index contributed by atoms with van der Waals surface area (Å²) in [5.41, 5.74) is 5.32. The normalized spacial score (nSPS) is 14.0. The van der Waals surface area contributed by atoms with Gasteiger partial charge in [-0.25, -0.2) is 9.59 Å². The molecular weight excluding hydrogens is 642 g/mol. The fourth-order valence-corrected chi connectivity index (χ4v) is 7.02. The van der Waals surface area contributed by atoms with E-state index in [1.807, 2.05) is 96.1 Å². The van der Waals surface area contributed by atoms with Gasteiger partial charge in [-0.1, -0.05) is 120 Å². The first kappa shape index (κ1) is 39.1. The van der Waals surface area contributed by atoms with Crippen molar-refractivity contribution in [1.82, 2.24) is 14.7 Å². The first-order valence-electron chi connectivity index (χ1n) is 18.0. The maximum absolute atomic E-state index is 14.4. The maximum Gasteiger partial charge on any atom is 0.410 e. The molecule has 9 nitrogen and oxygen atoms in total. The highest BCUT2D eigenvalue weighted by atomic mass is 16.6. The Morgan fingerprint density at radius 2 is 1.08 bits per heavy atom. The van der Waals surface area contributed by atoms with E-state index in [-0.39, 0.29) is 48.7 Å². The van der Waals surface area contributed by atoms with Gasteiger partial charge in [-0.15, -0.1) is 0 Å². The van der Waals surface area contributed by atoms with Crippen LogP contribution >= 0.6 is 0 Å². The second kappa shape index (κ2) is 17.5. The van der Waals surface area contributed by atoms with Crippen LogP contribution in [0.4, 0.5) is 4.79 Å². The van der Waals surface area contributed by atoms with Crippen molar-refractivity contribution in [2.75, 3.05) is 27.7 Å². The third-order valence-electron chi connectivity index (χ3n) is 9.73. The highest BCUT2D eigenvalue weighted by Crippen LogP contribution is 2.44. The lowest BCUT2D eigenvalue weighted by molar-refractivity contribution is -0.160. The molecule has 1 aliphatic carbocycles. The number of likely N-dealkylation sites (N-methyl/N-ethyl adjacent to an activating group) is 3. The number of rotatable bonds is 15. The molecule has 0 saturated heterocycles. The number of nitrogens with zero attached hydrogens (tertiary/aromatic N) is 3. The molecule has 3 aromatic rings. The SMILES string of the molecule is CC(C)C[C@@H](C(=O)N(C)[C@@H](CC(C)C)C(=O)N(C)[C@H](C(=O)OCc1ccccc1)C(C)C)N(C)C(=O)OCC1c2ccccc2-c2ccccc21. The molecule has 4 rings (SSSR count). The first-order chi connectivity index (χ1) is 24.2. The lowest BCUT2D eigenvalue weighted by Gasteiger charge is -2.38. The summed E-state index contributed by atoms with van der Waals surface area (Å²) in [4.78, 5) is 59.9. The smallest absolute Gasteiger partial charge is 0.410 e. The molecule has 3 aromatic carbocycles. The maximum atomic E-state index is 14.4. The van der Waals surface area contributed by atoms with Crippen LogP contribution in [-0.4, -0.2) is 84.5 Å². The Balaban J connectivity index is 1.50. The van der Waals surface area contributed by atoms with Crippen LogP contribution in [0.5, 0.6) is 0 Å². The number of ether oxygens (including phenoxy) is 2. The number of fused-ring (bicyclic) bond motifs is 3. The molecule has 0 heterocycles. The van der Waals surface area contributed by atoms with Crippen molar-refractivity contribution in [3.05, 3.63) is 95.6 Å². The Morgan fingerprint density at radius 3 is 1.59 bits per heavy atom. The third-order valence-corrected chi connectivity index (χ3v) is 9.73. The zero-order valence-electron chi connectivity index (χ0n) is 31.7. The zero-order valence-corrected chi connectivity index (χ0v) is 31.7. The minimum absolute atomic E-state index is 0.0635. The lowest BCUT2D eigenvalue weighted by atomic mass is 9.96. The second-order valence-electron chi connectivity index (χ2n) is 14.9. The highest BCUT2D eigenvalue weighted by molar-refractivity contribution is 5.93. The molecule has 0 aromatic heterocycles. The Kier molecular flexibility index (Phi) is 13.4. The van der Waals surface area contributed by atoms with Crippen LogP contribution in [-0.2, 0) is 30.5 Å². The van der Waals surface area contributed by atoms with Crippen LogP contribution in [0.15, 0.2) is 78.9 Å². The number of carbonyl (C=O) groups is 4. The van der Waals surface area contributed by atoms with Crippen LogP contribution in [0.1, 0.15) is 77.0 Å². The fraction of sp³-hybridized carbons (Fsp3) is 0.476. The summed E-state index contributed by atoms with van der Waals surface area (Å²) in [7, 11) is 4.79. The van der Waals surface area contributed by atoms with Crippen LogP contribution in [0, 0.1) is 17.8 Å². The summed E-state index contributed by atoms with van der Waals surface area (Å²) in [6.45, 7) is 11.9. The monoisotopic (exact) mass is 697 g/mol. The average molecular weight is 698 g/mol. The van der Waals surface area contributed by atoms with Gasteiger partial charge in [0.05, 0.1) is 0 Å². The molecule has 0 aliphatic heterocycles. The van der Waals surface area contributed by atoms with E-state index >= 15 is 0 Å². The van der Waals surface area contributed by atoms with Crippen molar-refractivity contribution in [3.63, 3.8) is 0 Å². The summed E-state index contributed by atoms with van der Waals surface area (Å²) in [6, 6.07) is 23.1. The van der Waals surface area contributed by atoms with E-state index in [1.54, 1.807) is 21.1 Å². The average Bonchev–Trinajstić information content (AvgIpc) is 3.43. The van der Waals surface area contributed by atoms with E-state index in [2.05, 4.69) is 24.3 Å². The van der Waals surface area contributed by atoms with Gasteiger partial charge in [0.15, 0.2) is 0 Å². The molecule has 0 spiro atoms. The van der Waals surface area contributed by atoms with Crippen LogP contribution < -0.4 is 0 Å². The van der Waals surface area contributed by atoms with Gasteiger partial charge in [0.1, 0.15) is 31.3 Å². The van der Waals surface area contributed by atoms with Crippen molar-refractivity contribution in [1.29, 1.82) is 0 Å². The zero-order chi connectivity index (χ0) is 37.4. The van der Waals surface area contributed by atoms with E-state index in [0.29, 0.717) is 12.8 Å². The van der Waals surface area contributed by atoms with Gasteiger partial charge in [0.2, 0.25) is 11.8 Å². The van der Waals surface area contributed by atoms with Crippen molar-refractivity contribution < 1.29 is 28.7 Å².